The number of hydrogen-bond acceptors (Lipinski definition) is 3. The molecule has 0 bridgehead atoms. The quantitative estimate of drug-likeness (QED) is 0.797. The first-order valence-electron chi connectivity index (χ1n) is 7.73. The van der Waals surface area contributed by atoms with E-state index in [1.807, 2.05) is 23.1 Å². The molecule has 1 unspecified atom stereocenters. The van der Waals surface area contributed by atoms with E-state index in [2.05, 4.69) is 29.8 Å². The number of amides is 1. The largest absolute Gasteiger partial charge is 0.496 e. The molecule has 4 nitrogen and oxygen atoms in total. The summed E-state index contributed by atoms with van der Waals surface area (Å²) in [5.74, 6) is 1.33. The van der Waals surface area contributed by atoms with Gasteiger partial charge < -0.3 is 14.4 Å². The smallest absolute Gasteiger partial charge is 0.230 e. The Morgan fingerprint density at radius 3 is 2.59 bits per heavy atom. The van der Waals surface area contributed by atoms with Gasteiger partial charge in [-0.3, -0.25) is 4.79 Å². The van der Waals surface area contributed by atoms with Crippen LogP contribution in [0.5, 0.6) is 5.75 Å². The zero-order valence-corrected chi connectivity index (χ0v) is 15.1. The van der Waals surface area contributed by atoms with Crippen LogP contribution in [0.1, 0.15) is 31.7 Å². The van der Waals surface area contributed by atoms with Gasteiger partial charge in [0.2, 0.25) is 5.91 Å². The molecular weight excluding hydrogens is 346 g/mol. The summed E-state index contributed by atoms with van der Waals surface area (Å²) in [5.41, 5.74) is 1.04. The van der Waals surface area contributed by atoms with Crippen LogP contribution in [0.25, 0.3) is 0 Å². The lowest BCUT2D eigenvalue weighted by Gasteiger charge is -2.31. The first-order chi connectivity index (χ1) is 10.5. The number of rotatable bonds is 5. The highest BCUT2D eigenvalue weighted by Crippen LogP contribution is 2.32. The van der Waals surface area contributed by atoms with E-state index in [9.17, 15) is 4.79 Å². The Morgan fingerprint density at radius 2 is 2.05 bits per heavy atom. The van der Waals surface area contributed by atoms with E-state index >= 15 is 0 Å². The molecule has 5 heteroatoms. The average Bonchev–Trinajstić information content (AvgIpc) is 2.52. The Bertz CT molecular complexity index is 513. The van der Waals surface area contributed by atoms with Crippen LogP contribution in [0.2, 0.25) is 0 Å². The minimum atomic E-state index is -0.111. The number of carbonyl (C=O) groups excluding carboxylic acids is 1. The lowest BCUT2D eigenvalue weighted by atomic mass is 9.89. The van der Waals surface area contributed by atoms with Gasteiger partial charge in [-0.2, -0.15) is 0 Å². The fourth-order valence-electron chi connectivity index (χ4n) is 2.75. The van der Waals surface area contributed by atoms with Crippen molar-refractivity contribution in [1.29, 1.82) is 0 Å². The van der Waals surface area contributed by atoms with Gasteiger partial charge >= 0.3 is 0 Å². The van der Waals surface area contributed by atoms with Gasteiger partial charge in [0.15, 0.2) is 0 Å². The predicted molar refractivity (Wildman–Crippen MR) is 90.3 cm³/mol. The molecule has 1 saturated heterocycles. The maximum Gasteiger partial charge on any atom is 0.230 e. The number of halogens is 1. The fraction of sp³-hybridized carbons (Fsp3) is 0.588. The van der Waals surface area contributed by atoms with Crippen molar-refractivity contribution >= 4 is 21.8 Å². The monoisotopic (exact) mass is 369 g/mol. The number of ether oxygens (including phenoxy) is 2. The van der Waals surface area contributed by atoms with Crippen molar-refractivity contribution in [2.45, 2.75) is 26.2 Å². The molecule has 22 heavy (non-hydrogen) atoms. The first kappa shape index (κ1) is 17.3. The Balaban J connectivity index is 2.24. The normalized spacial score (nSPS) is 16.7. The minimum absolute atomic E-state index is 0.111. The highest BCUT2D eigenvalue weighted by molar-refractivity contribution is 9.10. The highest BCUT2D eigenvalue weighted by Gasteiger charge is 2.28. The molecule has 0 radical (unpaired) electrons. The predicted octanol–water partition coefficient (Wildman–Crippen LogP) is 3.45. The number of nitrogens with zero attached hydrogens (tertiary/aromatic N) is 1. The van der Waals surface area contributed by atoms with Crippen molar-refractivity contribution in [1.82, 2.24) is 4.90 Å². The summed E-state index contributed by atoms with van der Waals surface area (Å²) in [5, 5.41) is 0. The van der Waals surface area contributed by atoms with E-state index in [-0.39, 0.29) is 11.8 Å². The van der Waals surface area contributed by atoms with Gasteiger partial charge in [-0.05, 0) is 46.0 Å². The van der Waals surface area contributed by atoms with E-state index in [0.717, 1.165) is 22.2 Å². The van der Waals surface area contributed by atoms with E-state index in [1.54, 1.807) is 7.11 Å². The summed E-state index contributed by atoms with van der Waals surface area (Å²) in [6.07, 6.45) is 0.842. The standard InChI is InChI=1S/C17H24BrNO3/c1-12(2)10-14(17(20)19-6-8-22-9-7-19)13-4-5-16(21-3)15(18)11-13/h4-5,11-12,14H,6-10H2,1-3H3. The third-order valence-corrected chi connectivity index (χ3v) is 4.53. The second-order valence-electron chi connectivity index (χ2n) is 6.01. The van der Waals surface area contributed by atoms with E-state index < -0.39 is 0 Å². The van der Waals surface area contributed by atoms with Crippen molar-refractivity contribution in [2.24, 2.45) is 5.92 Å². The maximum atomic E-state index is 12.9. The van der Waals surface area contributed by atoms with E-state index in [4.69, 9.17) is 9.47 Å². The Hall–Kier alpha value is -1.07. The third-order valence-electron chi connectivity index (χ3n) is 3.91. The molecule has 1 aromatic carbocycles. The van der Waals surface area contributed by atoms with Crippen LogP contribution in [0.15, 0.2) is 22.7 Å². The molecule has 1 aliphatic rings. The van der Waals surface area contributed by atoms with Crippen LogP contribution in [0, 0.1) is 5.92 Å². The summed E-state index contributed by atoms with van der Waals surface area (Å²) in [6.45, 7) is 6.94. The molecule has 1 fully saturated rings. The Labute approximate surface area is 140 Å². The van der Waals surface area contributed by atoms with Gasteiger partial charge in [-0.15, -0.1) is 0 Å². The summed E-state index contributed by atoms with van der Waals surface area (Å²) >= 11 is 3.52. The molecule has 1 aliphatic heterocycles. The number of hydrogen-bond donors (Lipinski definition) is 0. The zero-order valence-electron chi connectivity index (χ0n) is 13.5. The molecule has 0 saturated carbocycles. The SMILES string of the molecule is COc1ccc(C(CC(C)C)C(=O)N2CCOCC2)cc1Br. The number of benzene rings is 1. The van der Waals surface area contributed by atoms with Gasteiger partial charge in [0.25, 0.3) is 0 Å². The van der Waals surface area contributed by atoms with Crippen LogP contribution in [-0.4, -0.2) is 44.2 Å². The van der Waals surface area contributed by atoms with Gasteiger partial charge in [0.05, 0.1) is 30.7 Å². The molecule has 122 valence electrons. The van der Waals surface area contributed by atoms with Crippen molar-refractivity contribution in [3.8, 4) is 5.75 Å². The average molecular weight is 370 g/mol. The fourth-order valence-corrected chi connectivity index (χ4v) is 3.31. The summed E-state index contributed by atoms with van der Waals surface area (Å²) in [7, 11) is 1.64. The van der Waals surface area contributed by atoms with Crippen LogP contribution in [0.4, 0.5) is 0 Å². The summed E-state index contributed by atoms with van der Waals surface area (Å²) < 4.78 is 11.5. The molecule has 2 rings (SSSR count). The third kappa shape index (κ3) is 4.23. The molecule has 1 atom stereocenters. The van der Waals surface area contributed by atoms with E-state index in [0.29, 0.717) is 32.2 Å². The van der Waals surface area contributed by atoms with Crippen molar-refractivity contribution < 1.29 is 14.3 Å². The summed E-state index contributed by atoms with van der Waals surface area (Å²) in [4.78, 5) is 14.8. The highest BCUT2D eigenvalue weighted by atomic mass is 79.9. The molecule has 0 aliphatic carbocycles. The van der Waals surface area contributed by atoms with Crippen LogP contribution in [0.3, 0.4) is 0 Å². The minimum Gasteiger partial charge on any atom is -0.496 e. The van der Waals surface area contributed by atoms with Gasteiger partial charge in [-0.1, -0.05) is 19.9 Å². The molecule has 0 spiro atoms. The topological polar surface area (TPSA) is 38.8 Å². The van der Waals surface area contributed by atoms with E-state index in [1.165, 1.54) is 0 Å². The summed E-state index contributed by atoms with van der Waals surface area (Å²) in [6, 6.07) is 5.92. The maximum absolute atomic E-state index is 12.9. The van der Waals surface area contributed by atoms with Crippen LogP contribution >= 0.6 is 15.9 Å². The lowest BCUT2D eigenvalue weighted by Crippen LogP contribution is -2.43. The van der Waals surface area contributed by atoms with Gasteiger partial charge in [0.1, 0.15) is 5.75 Å². The van der Waals surface area contributed by atoms with Crippen molar-refractivity contribution in [3.63, 3.8) is 0 Å². The first-order valence-corrected chi connectivity index (χ1v) is 8.52. The van der Waals surface area contributed by atoms with Gasteiger partial charge in [0, 0.05) is 13.1 Å². The van der Waals surface area contributed by atoms with Crippen molar-refractivity contribution in [2.75, 3.05) is 33.4 Å². The van der Waals surface area contributed by atoms with Gasteiger partial charge in [-0.25, -0.2) is 0 Å². The Morgan fingerprint density at radius 1 is 1.36 bits per heavy atom. The molecular formula is C17H24BrNO3. The second-order valence-corrected chi connectivity index (χ2v) is 6.87. The molecule has 1 amide bonds. The second kappa shape index (κ2) is 7.97. The molecule has 1 heterocycles. The van der Waals surface area contributed by atoms with Crippen molar-refractivity contribution in [3.05, 3.63) is 28.2 Å². The lowest BCUT2D eigenvalue weighted by molar-refractivity contribution is -0.137. The number of methoxy groups -OCH3 is 1. The molecule has 0 N–H and O–H groups in total. The zero-order chi connectivity index (χ0) is 16.1. The Kier molecular flexibility index (Phi) is 6.26. The molecule has 1 aromatic rings. The van der Waals surface area contributed by atoms with Crippen LogP contribution in [-0.2, 0) is 9.53 Å². The number of morpholine rings is 1. The number of carbonyl (C=O) groups is 1. The molecule has 0 aromatic heterocycles. The van der Waals surface area contributed by atoms with Crippen LogP contribution < -0.4 is 4.74 Å².